The van der Waals surface area contributed by atoms with Crippen LogP contribution in [0.2, 0.25) is 0 Å². The van der Waals surface area contributed by atoms with Crippen LogP contribution in [-0.4, -0.2) is 25.0 Å². The van der Waals surface area contributed by atoms with Crippen molar-refractivity contribution in [2.75, 3.05) is 7.05 Å². The first-order valence-electron chi connectivity index (χ1n) is 7.57. The zero-order valence-electron chi connectivity index (χ0n) is 12.7. The third-order valence-corrected chi connectivity index (χ3v) is 4.01. The Balaban J connectivity index is 2.00. The van der Waals surface area contributed by atoms with Gasteiger partial charge in [0.05, 0.1) is 0 Å². The van der Waals surface area contributed by atoms with Crippen molar-refractivity contribution in [3.05, 3.63) is 29.3 Å². The maximum atomic E-state index is 11.1. The number of aryl methyl sites for hydroxylation is 2. The highest BCUT2D eigenvalue weighted by molar-refractivity contribution is 5.75. The van der Waals surface area contributed by atoms with Crippen LogP contribution in [-0.2, 0) is 17.6 Å². The molecule has 3 heteroatoms. The molecule has 2 rings (SSSR count). The van der Waals surface area contributed by atoms with Crippen molar-refractivity contribution in [1.82, 2.24) is 5.32 Å². The zero-order valence-corrected chi connectivity index (χ0v) is 12.7. The van der Waals surface area contributed by atoms with Crippen molar-refractivity contribution in [3.8, 4) is 5.75 Å². The van der Waals surface area contributed by atoms with E-state index >= 15 is 0 Å². The Kier molecular flexibility index (Phi) is 5.18. The van der Waals surface area contributed by atoms with Gasteiger partial charge in [0.1, 0.15) is 17.6 Å². The van der Waals surface area contributed by atoms with Gasteiger partial charge in [0, 0.05) is 12.5 Å². The molecule has 0 bridgehead atoms. The number of hydrogen-bond acceptors (Lipinski definition) is 3. The second-order valence-corrected chi connectivity index (χ2v) is 5.74. The quantitative estimate of drug-likeness (QED) is 0.831. The van der Waals surface area contributed by atoms with E-state index in [-0.39, 0.29) is 5.78 Å². The molecule has 1 aromatic rings. The summed E-state index contributed by atoms with van der Waals surface area (Å²) in [7, 11) is 2.00. The van der Waals surface area contributed by atoms with E-state index in [1.165, 1.54) is 11.1 Å². The molecule has 0 aliphatic heterocycles. The lowest BCUT2D eigenvalue weighted by Gasteiger charge is -2.35. The first-order chi connectivity index (χ1) is 9.60. The topological polar surface area (TPSA) is 38.3 Å². The molecule has 1 N–H and O–H groups in total. The highest BCUT2D eigenvalue weighted by atomic mass is 16.5. The van der Waals surface area contributed by atoms with Gasteiger partial charge in [-0.1, -0.05) is 13.0 Å². The van der Waals surface area contributed by atoms with Crippen LogP contribution < -0.4 is 10.1 Å². The highest BCUT2D eigenvalue weighted by Crippen LogP contribution is 2.27. The number of rotatable bonds is 7. The summed E-state index contributed by atoms with van der Waals surface area (Å²) in [5.41, 5.74) is 2.49. The van der Waals surface area contributed by atoms with Crippen LogP contribution in [0.1, 0.15) is 44.2 Å². The molecule has 0 amide bonds. The first kappa shape index (κ1) is 15.0. The van der Waals surface area contributed by atoms with Crippen LogP contribution in [0.3, 0.4) is 0 Å². The molecule has 0 atom stereocenters. The van der Waals surface area contributed by atoms with E-state index < -0.39 is 0 Å². The van der Waals surface area contributed by atoms with Crippen molar-refractivity contribution in [2.45, 2.75) is 58.1 Å². The standard InChI is InChI=1S/C17H25NO2/c1-4-13-7-14(6-5-12(2)19)9-16(8-13)20-17-10-15(11-17)18-3/h7-9,15,17-18H,4-6,10-11H2,1-3H3. The van der Waals surface area contributed by atoms with E-state index in [1.54, 1.807) is 6.92 Å². The molecule has 0 radical (unpaired) electrons. The third-order valence-electron chi connectivity index (χ3n) is 4.01. The SMILES string of the molecule is CCc1cc(CCC(C)=O)cc(OC2CC(NC)C2)c1. The molecule has 20 heavy (non-hydrogen) atoms. The van der Waals surface area contributed by atoms with Gasteiger partial charge < -0.3 is 14.8 Å². The van der Waals surface area contributed by atoms with Crippen LogP contribution in [0.5, 0.6) is 5.75 Å². The second kappa shape index (κ2) is 6.89. The van der Waals surface area contributed by atoms with Gasteiger partial charge in [-0.05, 0) is 62.9 Å². The molecule has 110 valence electrons. The fraction of sp³-hybridized carbons (Fsp3) is 0.588. The Morgan fingerprint density at radius 3 is 2.60 bits per heavy atom. The molecular formula is C17H25NO2. The number of hydrogen-bond donors (Lipinski definition) is 1. The maximum absolute atomic E-state index is 11.1. The number of benzene rings is 1. The van der Waals surface area contributed by atoms with Crippen molar-refractivity contribution >= 4 is 5.78 Å². The van der Waals surface area contributed by atoms with Gasteiger partial charge in [0.15, 0.2) is 0 Å². The van der Waals surface area contributed by atoms with E-state index in [0.29, 0.717) is 18.6 Å². The Labute approximate surface area is 121 Å². The average Bonchev–Trinajstić information content (AvgIpc) is 2.39. The molecule has 1 fully saturated rings. The molecule has 0 saturated heterocycles. The van der Waals surface area contributed by atoms with Crippen molar-refractivity contribution < 1.29 is 9.53 Å². The molecule has 1 aromatic carbocycles. The van der Waals surface area contributed by atoms with Gasteiger partial charge in [-0.15, -0.1) is 0 Å². The first-order valence-corrected chi connectivity index (χ1v) is 7.57. The van der Waals surface area contributed by atoms with Gasteiger partial charge in [0.2, 0.25) is 0 Å². The largest absolute Gasteiger partial charge is 0.490 e. The van der Waals surface area contributed by atoms with E-state index in [2.05, 4.69) is 30.4 Å². The van der Waals surface area contributed by atoms with Gasteiger partial charge >= 0.3 is 0 Å². The Morgan fingerprint density at radius 2 is 2.00 bits per heavy atom. The summed E-state index contributed by atoms with van der Waals surface area (Å²) in [6, 6.07) is 7.01. The number of ketones is 1. The number of Topliss-reactive ketones (excluding diaryl/α,β-unsaturated/α-hetero) is 1. The van der Waals surface area contributed by atoms with Gasteiger partial charge in [0.25, 0.3) is 0 Å². The molecule has 0 aromatic heterocycles. The van der Waals surface area contributed by atoms with Crippen molar-refractivity contribution in [1.29, 1.82) is 0 Å². The molecule has 1 saturated carbocycles. The van der Waals surface area contributed by atoms with E-state index in [0.717, 1.165) is 31.4 Å². The molecular weight excluding hydrogens is 250 g/mol. The van der Waals surface area contributed by atoms with Crippen molar-refractivity contribution in [3.63, 3.8) is 0 Å². The average molecular weight is 275 g/mol. The van der Waals surface area contributed by atoms with Crippen LogP contribution in [0.4, 0.5) is 0 Å². The maximum Gasteiger partial charge on any atom is 0.130 e. The Morgan fingerprint density at radius 1 is 1.30 bits per heavy atom. The molecule has 1 aliphatic rings. The number of carbonyl (C=O) groups is 1. The Hall–Kier alpha value is -1.35. The fourth-order valence-electron chi connectivity index (χ4n) is 2.56. The predicted octanol–water partition coefficient (Wildman–Crippen LogP) is 2.90. The van der Waals surface area contributed by atoms with Crippen LogP contribution in [0.15, 0.2) is 18.2 Å². The summed E-state index contributed by atoms with van der Waals surface area (Å²) in [5, 5.41) is 3.27. The smallest absolute Gasteiger partial charge is 0.130 e. The minimum absolute atomic E-state index is 0.241. The van der Waals surface area contributed by atoms with Crippen LogP contribution >= 0.6 is 0 Å². The summed E-state index contributed by atoms with van der Waals surface area (Å²) in [4.78, 5) is 11.1. The number of nitrogens with one attached hydrogen (secondary N) is 1. The van der Waals surface area contributed by atoms with E-state index in [1.807, 2.05) is 7.05 Å². The van der Waals surface area contributed by atoms with Gasteiger partial charge in [-0.2, -0.15) is 0 Å². The van der Waals surface area contributed by atoms with Gasteiger partial charge in [-0.25, -0.2) is 0 Å². The van der Waals surface area contributed by atoms with Crippen LogP contribution in [0, 0.1) is 0 Å². The number of carbonyl (C=O) groups excluding carboxylic acids is 1. The minimum Gasteiger partial charge on any atom is -0.490 e. The predicted molar refractivity (Wildman–Crippen MR) is 81.3 cm³/mol. The monoisotopic (exact) mass is 275 g/mol. The summed E-state index contributed by atoms with van der Waals surface area (Å²) in [6.45, 7) is 3.79. The highest BCUT2D eigenvalue weighted by Gasteiger charge is 2.29. The lowest BCUT2D eigenvalue weighted by molar-refractivity contribution is -0.116. The van der Waals surface area contributed by atoms with E-state index in [4.69, 9.17) is 4.74 Å². The molecule has 0 unspecified atom stereocenters. The van der Waals surface area contributed by atoms with Gasteiger partial charge in [-0.3, -0.25) is 0 Å². The van der Waals surface area contributed by atoms with E-state index in [9.17, 15) is 4.79 Å². The molecule has 1 aliphatic carbocycles. The zero-order chi connectivity index (χ0) is 14.5. The Bertz CT molecular complexity index is 464. The summed E-state index contributed by atoms with van der Waals surface area (Å²) >= 11 is 0. The summed E-state index contributed by atoms with van der Waals surface area (Å²) in [6.07, 6.45) is 4.90. The lowest BCUT2D eigenvalue weighted by Crippen LogP contribution is -2.45. The fourth-order valence-corrected chi connectivity index (χ4v) is 2.56. The number of ether oxygens (including phenoxy) is 1. The van der Waals surface area contributed by atoms with Crippen LogP contribution in [0.25, 0.3) is 0 Å². The lowest BCUT2D eigenvalue weighted by atomic mass is 9.89. The minimum atomic E-state index is 0.241. The normalized spacial score (nSPS) is 21.4. The molecule has 0 spiro atoms. The summed E-state index contributed by atoms with van der Waals surface area (Å²) in [5.74, 6) is 1.20. The molecule has 0 heterocycles. The summed E-state index contributed by atoms with van der Waals surface area (Å²) < 4.78 is 6.05. The van der Waals surface area contributed by atoms with Crippen molar-refractivity contribution in [2.24, 2.45) is 0 Å². The molecule has 3 nitrogen and oxygen atoms in total. The second-order valence-electron chi connectivity index (χ2n) is 5.74. The third kappa shape index (κ3) is 4.07.